The zero-order valence-corrected chi connectivity index (χ0v) is 13.2. The van der Waals surface area contributed by atoms with Crippen molar-refractivity contribution < 1.29 is 4.92 Å². The SMILES string of the molecule is Cl.O=[N+]([O-])c1ccc2nc(SCc3ccccc3)sc2c1. The lowest BCUT2D eigenvalue weighted by Gasteiger charge is -1.97. The van der Waals surface area contributed by atoms with Gasteiger partial charge in [-0.3, -0.25) is 10.1 Å². The predicted molar refractivity (Wildman–Crippen MR) is 89.5 cm³/mol. The van der Waals surface area contributed by atoms with Crippen molar-refractivity contribution in [2.75, 3.05) is 0 Å². The molecule has 0 aliphatic carbocycles. The molecule has 0 saturated carbocycles. The van der Waals surface area contributed by atoms with Crippen molar-refractivity contribution in [1.82, 2.24) is 4.98 Å². The van der Waals surface area contributed by atoms with Crippen LogP contribution in [0.1, 0.15) is 5.56 Å². The monoisotopic (exact) mass is 338 g/mol. The molecule has 108 valence electrons. The summed E-state index contributed by atoms with van der Waals surface area (Å²) in [6, 6.07) is 14.9. The highest BCUT2D eigenvalue weighted by Crippen LogP contribution is 2.33. The molecule has 1 aromatic heterocycles. The van der Waals surface area contributed by atoms with Crippen LogP contribution in [0.2, 0.25) is 0 Å². The molecule has 0 aliphatic heterocycles. The predicted octanol–water partition coefficient (Wildman–Crippen LogP) is 4.92. The number of rotatable bonds is 4. The maximum Gasteiger partial charge on any atom is 0.270 e. The van der Waals surface area contributed by atoms with Crippen LogP contribution in [0, 0.1) is 10.1 Å². The topological polar surface area (TPSA) is 56.0 Å². The van der Waals surface area contributed by atoms with Gasteiger partial charge in [-0.2, -0.15) is 0 Å². The first-order valence-electron chi connectivity index (χ1n) is 5.94. The molecule has 0 saturated heterocycles. The summed E-state index contributed by atoms with van der Waals surface area (Å²) in [5.41, 5.74) is 2.17. The summed E-state index contributed by atoms with van der Waals surface area (Å²) >= 11 is 3.15. The first-order valence-corrected chi connectivity index (χ1v) is 7.74. The summed E-state index contributed by atoms with van der Waals surface area (Å²) in [7, 11) is 0. The van der Waals surface area contributed by atoms with Crippen molar-refractivity contribution >= 4 is 51.4 Å². The number of hydrogen-bond acceptors (Lipinski definition) is 5. The minimum Gasteiger partial charge on any atom is -0.258 e. The average Bonchev–Trinajstić information content (AvgIpc) is 2.88. The second-order valence-corrected chi connectivity index (χ2v) is 6.42. The molecule has 0 aliphatic rings. The third-order valence-electron chi connectivity index (χ3n) is 2.77. The normalized spacial score (nSPS) is 10.3. The van der Waals surface area contributed by atoms with Gasteiger partial charge in [-0.25, -0.2) is 4.98 Å². The first kappa shape index (κ1) is 15.8. The Bertz CT molecular complexity index is 762. The molecule has 0 amide bonds. The van der Waals surface area contributed by atoms with E-state index in [0.717, 1.165) is 20.3 Å². The molecular formula is C14H11ClN2O2S2. The lowest BCUT2D eigenvalue weighted by atomic mass is 10.2. The van der Waals surface area contributed by atoms with Crippen LogP contribution in [0.5, 0.6) is 0 Å². The highest BCUT2D eigenvalue weighted by Gasteiger charge is 2.10. The summed E-state index contributed by atoms with van der Waals surface area (Å²) in [6.07, 6.45) is 0. The Kier molecular flexibility index (Phi) is 5.17. The molecular weight excluding hydrogens is 328 g/mol. The second kappa shape index (κ2) is 6.89. The highest BCUT2D eigenvalue weighted by atomic mass is 35.5. The third kappa shape index (κ3) is 3.72. The van der Waals surface area contributed by atoms with Gasteiger partial charge < -0.3 is 0 Å². The molecule has 0 unspecified atom stereocenters. The summed E-state index contributed by atoms with van der Waals surface area (Å²) in [5.74, 6) is 0.850. The van der Waals surface area contributed by atoms with E-state index < -0.39 is 0 Å². The number of thiazole rings is 1. The molecule has 0 fully saturated rings. The third-order valence-corrected chi connectivity index (χ3v) is 5.00. The Morgan fingerprint density at radius 1 is 1.19 bits per heavy atom. The van der Waals surface area contributed by atoms with Crippen molar-refractivity contribution in [3.05, 3.63) is 64.2 Å². The van der Waals surface area contributed by atoms with Gasteiger partial charge >= 0.3 is 0 Å². The number of non-ortho nitro benzene ring substituents is 1. The number of fused-ring (bicyclic) bond motifs is 1. The molecule has 0 spiro atoms. The van der Waals surface area contributed by atoms with Gasteiger partial charge in [-0.15, -0.1) is 23.7 Å². The van der Waals surface area contributed by atoms with Gasteiger partial charge in [0.25, 0.3) is 5.69 Å². The van der Waals surface area contributed by atoms with E-state index in [9.17, 15) is 10.1 Å². The Balaban J connectivity index is 0.00000161. The van der Waals surface area contributed by atoms with E-state index in [0.29, 0.717) is 0 Å². The molecule has 0 atom stereocenters. The van der Waals surface area contributed by atoms with Crippen LogP contribution in [0.15, 0.2) is 52.9 Å². The minimum atomic E-state index is -0.379. The number of thioether (sulfide) groups is 1. The average molecular weight is 339 g/mol. The Labute approximate surface area is 135 Å². The number of aromatic nitrogens is 1. The number of nitro benzene ring substituents is 1. The van der Waals surface area contributed by atoms with Gasteiger partial charge in [0.05, 0.1) is 15.1 Å². The van der Waals surface area contributed by atoms with Crippen molar-refractivity contribution in [3.63, 3.8) is 0 Å². The molecule has 2 aromatic carbocycles. The van der Waals surface area contributed by atoms with Crippen molar-refractivity contribution in [2.45, 2.75) is 10.1 Å². The van der Waals surface area contributed by atoms with Crippen LogP contribution >= 0.6 is 35.5 Å². The summed E-state index contributed by atoms with van der Waals surface area (Å²) in [4.78, 5) is 14.9. The summed E-state index contributed by atoms with van der Waals surface area (Å²) in [6.45, 7) is 0. The van der Waals surface area contributed by atoms with E-state index in [-0.39, 0.29) is 23.0 Å². The van der Waals surface area contributed by atoms with Crippen LogP contribution in [-0.2, 0) is 5.75 Å². The maximum absolute atomic E-state index is 10.7. The van der Waals surface area contributed by atoms with Crippen LogP contribution in [0.3, 0.4) is 0 Å². The van der Waals surface area contributed by atoms with E-state index >= 15 is 0 Å². The fraction of sp³-hybridized carbons (Fsp3) is 0.0714. The van der Waals surface area contributed by atoms with Gasteiger partial charge in [-0.05, 0) is 11.6 Å². The van der Waals surface area contributed by atoms with Crippen molar-refractivity contribution in [3.8, 4) is 0 Å². The Morgan fingerprint density at radius 3 is 2.67 bits per heavy atom. The van der Waals surface area contributed by atoms with E-state index in [1.807, 2.05) is 18.2 Å². The second-order valence-electron chi connectivity index (χ2n) is 4.16. The molecule has 4 nitrogen and oxygen atoms in total. The molecule has 21 heavy (non-hydrogen) atoms. The summed E-state index contributed by atoms with van der Waals surface area (Å²) in [5, 5.41) is 10.7. The van der Waals surface area contributed by atoms with Gasteiger partial charge in [-0.1, -0.05) is 42.1 Å². The number of benzene rings is 2. The Hall–Kier alpha value is -1.63. The standard InChI is InChI=1S/C14H10N2O2S2.ClH/c17-16(18)11-6-7-12-13(8-11)20-14(15-12)19-9-10-4-2-1-3-5-10;/h1-8H,9H2;1H. The van der Waals surface area contributed by atoms with E-state index in [4.69, 9.17) is 0 Å². The van der Waals surface area contributed by atoms with Gasteiger partial charge in [0.2, 0.25) is 0 Å². The molecule has 1 heterocycles. The number of nitro groups is 1. The van der Waals surface area contributed by atoms with Crippen molar-refractivity contribution in [2.24, 2.45) is 0 Å². The number of hydrogen-bond donors (Lipinski definition) is 0. The van der Waals surface area contributed by atoms with Crippen LogP contribution < -0.4 is 0 Å². The number of halogens is 1. The van der Waals surface area contributed by atoms with E-state index in [1.54, 1.807) is 23.9 Å². The summed E-state index contributed by atoms with van der Waals surface area (Å²) < 4.78 is 1.79. The smallest absolute Gasteiger partial charge is 0.258 e. The van der Waals surface area contributed by atoms with Crippen molar-refractivity contribution in [1.29, 1.82) is 0 Å². The largest absolute Gasteiger partial charge is 0.270 e. The fourth-order valence-electron chi connectivity index (χ4n) is 1.79. The molecule has 3 aromatic rings. The molecule has 7 heteroatoms. The van der Waals surface area contributed by atoms with Gasteiger partial charge in [0.1, 0.15) is 0 Å². The maximum atomic E-state index is 10.7. The minimum absolute atomic E-state index is 0. The van der Waals surface area contributed by atoms with E-state index in [2.05, 4.69) is 17.1 Å². The molecule has 0 N–H and O–H groups in total. The lowest BCUT2D eigenvalue weighted by Crippen LogP contribution is -1.85. The highest BCUT2D eigenvalue weighted by molar-refractivity contribution is 8.00. The van der Waals surface area contributed by atoms with Crippen LogP contribution in [0.25, 0.3) is 10.2 Å². The van der Waals surface area contributed by atoms with Gasteiger partial charge in [0, 0.05) is 17.9 Å². The zero-order valence-electron chi connectivity index (χ0n) is 10.8. The fourth-order valence-corrected chi connectivity index (χ4v) is 3.84. The lowest BCUT2D eigenvalue weighted by molar-refractivity contribution is -0.384. The van der Waals surface area contributed by atoms with Crippen LogP contribution in [-0.4, -0.2) is 9.91 Å². The van der Waals surface area contributed by atoms with E-state index in [1.165, 1.54) is 23.0 Å². The molecule has 0 radical (unpaired) electrons. The first-order chi connectivity index (χ1) is 9.72. The van der Waals surface area contributed by atoms with Crippen LogP contribution in [0.4, 0.5) is 5.69 Å². The molecule has 3 rings (SSSR count). The zero-order chi connectivity index (χ0) is 13.9. The number of nitrogens with zero attached hydrogens (tertiary/aromatic N) is 2. The Morgan fingerprint density at radius 2 is 1.95 bits per heavy atom. The molecule has 0 bridgehead atoms. The van der Waals surface area contributed by atoms with Gasteiger partial charge in [0.15, 0.2) is 4.34 Å². The quantitative estimate of drug-likeness (QED) is 0.385.